The van der Waals surface area contributed by atoms with E-state index in [1.807, 2.05) is 32.6 Å². The SMILES string of the molecule is CCCC(=O)N1CCCC(CSc2nc3cc(F)ccc3n2C(C(=O)O)C(C)(C)C)C1. The monoisotopic (exact) mass is 449 g/mol. The summed E-state index contributed by atoms with van der Waals surface area (Å²) >= 11 is 1.50. The Kier molecular flexibility index (Phi) is 7.29. The number of thioether (sulfide) groups is 1. The molecule has 1 aromatic carbocycles. The zero-order chi connectivity index (χ0) is 22.8. The van der Waals surface area contributed by atoms with Crippen molar-refractivity contribution in [3.05, 3.63) is 24.0 Å². The molecule has 6 nitrogen and oxygen atoms in total. The average Bonchev–Trinajstić information content (AvgIpc) is 3.02. The van der Waals surface area contributed by atoms with Crippen LogP contribution in [0.2, 0.25) is 0 Å². The summed E-state index contributed by atoms with van der Waals surface area (Å²) in [5, 5.41) is 10.6. The minimum Gasteiger partial charge on any atom is -0.480 e. The highest BCUT2D eigenvalue weighted by Crippen LogP contribution is 2.38. The van der Waals surface area contributed by atoms with Crippen molar-refractivity contribution in [3.63, 3.8) is 0 Å². The third-order valence-corrected chi connectivity index (χ3v) is 6.90. The van der Waals surface area contributed by atoms with Gasteiger partial charge >= 0.3 is 5.97 Å². The molecule has 2 unspecified atom stereocenters. The zero-order valence-electron chi connectivity index (χ0n) is 18.7. The zero-order valence-corrected chi connectivity index (χ0v) is 19.5. The first kappa shape index (κ1) is 23.6. The van der Waals surface area contributed by atoms with E-state index in [-0.39, 0.29) is 5.91 Å². The number of fused-ring (bicyclic) bond motifs is 1. The molecule has 1 saturated heterocycles. The summed E-state index contributed by atoms with van der Waals surface area (Å²) in [7, 11) is 0. The van der Waals surface area contributed by atoms with Gasteiger partial charge in [0.05, 0.1) is 11.0 Å². The molecule has 2 aromatic rings. The van der Waals surface area contributed by atoms with E-state index in [0.29, 0.717) is 28.5 Å². The molecule has 2 heterocycles. The number of aromatic nitrogens is 2. The molecule has 1 N–H and O–H groups in total. The smallest absolute Gasteiger partial charge is 0.327 e. The number of hydrogen-bond donors (Lipinski definition) is 1. The molecule has 31 heavy (non-hydrogen) atoms. The molecule has 1 amide bonds. The Bertz CT molecular complexity index is 953. The molecule has 1 aromatic heterocycles. The fraction of sp³-hybridized carbons (Fsp3) is 0.609. The van der Waals surface area contributed by atoms with Crippen molar-refractivity contribution < 1.29 is 19.1 Å². The first-order chi connectivity index (χ1) is 14.6. The number of nitrogens with zero attached hydrogens (tertiary/aromatic N) is 3. The standard InChI is InChI=1S/C23H32FN3O3S/c1-5-7-19(28)26-11-6-8-15(13-26)14-31-22-25-17-12-16(24)9-10-18(17)27(22)20(21(29)30)23(2,3)4/h9-10,12,15,20H,5-8,11,13-14H2,1-4H3,(H,29,30). The Labute approximate surface area is 187 Å². The predicted octanol–water partition coefficient (Wildman–Crippen LogP) is 4.98. The summed E-state index contributed by atoms with van der Waals surface area (Å²) in [5.74, 6) is -0.0696. The second-order valence-corrected chi connectivity index (χ2v) is 10.4. The van der Waals surface area contributed by atoms with Crippen LogP contribution < -0.4 is 0 Å². The fourth-order valence-corrected chi connectivity index (χ4v) is 5.42. The Morgan fingerprint density at radius 2 is 2.10 bits per heavy atom. The summed E-state index contributed by atoms with van der Waals surface area (Å²) in [6.07, 6.45) is 3.42. The maximum absolute atomic E-state index is 13.8. The van der Waals surface area contributed by atoms with Crippen LogP contribution in [-0.2, 0) is 9.59 Å². The largest absolute Gasteiger partial charge is 0.480 e. The third-order valence-electron chi connectivity index (χ3n) is 5.72. The number of carboxylic acids is 1. The van der Waals surface area contributed by atoms with Crippen LogP contribution in [0.3, 0.4) is 0 Å². The Morgan fingerprint density at radius 3 is 2.74 bits per heavy atom. The normalized spacial score (nSPS) is 18.4. The number of piperidine rings is 1. The maximum atomic E-state index is 13.8. The maximum Gasteiger partial charge on any atom is 0.327 e. The summed E-state index contributed by atoms with van der Waals surface area (Å²) in [5.41, 5.74) is 0.521. The summed E-state index contributed by atoms with van der Waals surface area (Å²) in [6, 6.07) is 3.47. The van der Waals surface area contributed by atoms with Gasteiger partial charge in [-0.1, -0.05) is 39.5 Å². The van der Waals surface area contributed by atoms with E-state index in [2.05, 4.69) is 4.98 Å². The number of carboxylic acid groups (broad SMARTS) is 1. The van der Waals surface area contributed by atoms with Crippen molar-refractivity contribution in [3.8, 4) is 0 Å². The summed E-state index contributed by atoms with van der Waals surface area (Å²) in [4.78, 5) is 31.1. The number of likely N-dealkylation sites (tertiary alicyclic amines) is 1. The topological polar surface area (TPSA) is 75.4 Å². The molecular weight excluding hydrogens is 417 g/mol. The quantitative estimate of drug-likeness (QED) is 0.604. The lowest BCUT2D eigenvalue weighted by Crippen LogP contribution is -2.40. The number of benzene rings is 1. The second kappa shape index (κ2) is 9.59. The molecule has 3 rings (SSSR count). The molecule has 0 spiro atoms. The number of rotatable bonds is 7. The average molecular weight is 450 g/mol. The molecular formula is C23H32FN3O3S. The molecule has 2 atom stereocenters. The van der Waals surface area contributed by atoms with Crippen LogP contribution in [0.4, 0.5) is 4.39 Å². The first-order valence-corrected chi connectivity index (χ1v) is 11.9. The lowest BCUT2D eigenvalue weighted by Gasteiger charge is -2.33. The number of hydrogen-bond acceptors (Lipinski definition) is 4. The molecule has 1 aliphatic rings. The molecule has 0 aliphatic carbocycles. The van der Waals surface area contributed by atoms with Gasteiger partial charge in [-0.2, -0.15) is 0 Å². The first-order valence-electron chi connectivity index (χ1n) is 10.9. The number of aliphatic carboxylic acids is 1. The van der Waals surface area contributed by atoms with Crippen molar-refractivity contribution in [1.82, 2.24) is 14.5 Å². The molecule has 0 bridgehead atoms. The van der Waals surface area contributed by atoms with Crippen LogP contribution in [0.25, 0.3) is 11.0 Å². The van der Waals surface area contributed by atoms with Crippen molar-refractivity contribution in [2.45, 2.75) is 64.6 Å². The minimum absolute atomic E-state index is 0.207. The Morgan fingerprint density at radius 1 is 1.35 bits per heavy atom. The van der Waals surface area contributed by atoms with Crippen LogP contribution in [-0.4, -0.2) is 50.3 Å². The van der Waals surface area contributed by atoms with Gasteiger partial charge in [0.1, 0.15) is 11.9 Å². The molecule has 1 fully saturated rings. The molecule has 8 heteroatoms. The van der Waals surface area contributed by atoms with Gasteiger partial charge in [-0.15, -0.1) is 0 Å². The Balaban J connectivity index is 1.88. The third kappa shape index (κ3) is 5.40. The van der Waals surface area contributed by atoms with Gasteiger partial charge in [-0.3, -0.25) is 4.79 Å². The van der Waals surface area contributed by atoms with Crippen LogP contribution >= 0.6 is 11.8 Å². The minimum atomic E-state index is -0.938. The number of amides is 1. The summed E-state index contributed by atoms with van der Waals surface area (Å²) < 4.78 is 15.6. The van der Waals surface area contributed by atoms with Gasteiger partial charge in [0, 0.05) is 31.3 Å². The Hall–Kier alpha value is -2.09. The van der Waals surface area contributed by atoms with Crippen molar-refractivity contribution in [2.24, 2.45) is 11.3 Å². The van der Waals surface area contributed by atoms with Crippen molar-refractivity contribution in [1.29, 1.82) is 0 Å². The van der Waals surface area contributed by atoms with Gasteiger partial charge in [0.2, 0.25) is 5.91 Å². The van der Waals surface area contributed by atoms with Crippen LogP contribution in [0.5, 0.6) is 0 Å². The van der Waals surface area contributed by atoms with Gasteiger partial charge < -0.3 is 14.6 Å². The van der Waals surface area contributed by atoms with Crippen LogP contribution in [0.1, 0.15) is 59.4 Å². The highest BCUT2D eigenvalue weighted by atomic mass is 32.2. The number of halogens is 1. The van der Waals surface area contributed by atoms with Gasteiger partial charge in [0.25, 0.3) is 0 Å². The number of carbonyl (C=O) groups excluding carboxylic acids is 1. The van der Waals surface area contributed by atoms with E-state index in [4.69, 9.17) is 0 Å². The van der Waals surface area contributed by atoms with E-state index in [1.165, 1.54) is 23.9 Å². The van der Waals surface area contributed by atoms with Gasteiger partial charge in [-0.05, 0) is 42.7 Å². The van der Waals surface area contributed by atoms with E-state index < -0.39 is 23.2 Å². The molecule has 0 saturated carbocycles. The van der Waals surface area contributed by atoms with Gasteiger partial charge in [-0.25, -0.2) is 14.2 Å². The molecule has 170 valence electrons. The predicted molar refractivity (Wildman–Crippen MR) is 121 cm³/mol. The van der Waals surface area contributed by atoms with Crippen molar-refractivity contribution >= 4 is 34.7 Å². The van der Waals surface area contributed by atoms with Crippen LogP contribution in [0.15, 0.2) is 23.4 Å². The number of imidazole rings is 1. The summed E-state index contributed by atoms with van der Waals surface area (Å²) in [6.45, 7) is 9.19. The highest BCUT2D eigenvalue weighted by Gasteiger charge is 2.36. The molecule has 0 radical (unpaired) electrons. The molecule has 1 aliphatic heterocycles. The fourth-order valence-electron chi connectivity index (χ4n) is 4.26. The van der Waals surface area contributed by atoms with E-state index in [0.717, 1.165) is 38.1 Å². The van der Waals surface area contributed by atoms with Crippen molar-refractivity contribution in [2.75, 3.05) is 18.8 Å². The van der Waals surface area contributed by atoms with Gasteiger partial charge in [0.15, 0.2) is 5.16 Å². The lowest BCUT2D eigenvalue weighted by molar-refractivity contribution is -0.144. The van der Waals surface area contributed by atoms with Crippen LogP contribution in [0, 0.1) is 17.2 Å². The highest BCUT2D eigenvalue weighted by molar-refractivity contribution is 7.99. The van der Waals surface area contributed by atoms with E-state index >= 15 is 0 Å². The second-order valence-electron chi connectivity index (χ2n) is 9.41. The van der Waals surface area contributed by atoms with E-state index in [1.54, 1.807) is 10.6 Å². The van der Waals surface area contributed by atoms with E-state index in [9.17, 15) is 19.1 Å². The number of carbonyl (C=O) groups is 2. The lowest BCUT2D eigenvalue weighted by atomic mass is 9.86.